The molecule has 4 nitrogen and oxygen atoms in total. The second-order valence-corrected chi connectivity index (χ2v) is 6.33. The number of rotatable bonds is 6. The van der Waals surface area contributed by atoms with Gasteiger partial charge in [0.05, 0.1) is 11.3 Å². The number of hydrogen-bond acceptors (Lipinski definition) is 3. The van der Waals surface area contributed by atoms with Crippen LogP contribution >= 0.6 is 11.8 Å². The van der Waals surface area contributed by atoms with E-state index in [9.17, 15) is 14.7 Å². The molecule has 5 heteroatoms. The van der Waals surface area contributed by atoms with Crippen LogP contribution in [-0.4, -0.2) is 39.9 Å². The van der Waals surface area contributed by atoms with E-state index in [4.69, 9.17) is 0 Å². The summed E-state index contributed by atoms with van der Waals surface area (Å²) in [7, 11) is 0. The molecule has 2 rings (SSSR count). The van der Waals surface area contributed by atoms with E-state index in [1.165, 1.54) is 0 Å². The minimum atomic E-state index is -0.887. The molecule has 0 bridgehead atoms. The van der Waals surface area contributed by atoms with E-state index < -0.39 is 5.97 Å². The molecule has 0 saturated carbocycles. The van der Waals surface area contributed by atoms with Crippen molar-refractivity contribution in [3.05, 3.63) is 34.9 Å². The molecule has 0 aliphatic carbocycles. The van der Waals surface area contributed by atoms with Gasteiger partial charge in [-0.25, -0.2) is 4.79 Å². The lowest BCUT2D eigenvalue weighted by Crippen LogP contribution is -2.37. The van der Waals surface area contributed by atoms with Gasteiger partial charge < -0.3 is 10.0 Å². The van der Waals surface area contributed by atoms with E-state index in [0.29, 0.717) is 30.8 Å². The zero-order valence-corrected chi connectivity index (χ0v) is 13.1. The van der Waals surface area contributed by atoms with Crippen LogP contribution in [0.25, 0.3) is 0 Å². The van der Waals surface area contributed by atoms with Crippen molar-refractivity contribution in [2.75, 3.05) is 18.1 Å². The van der Waals surface area contributed by atoms with Crippen molar-refractivity contribution in [2.45, 2.75) is 32.7 Å². The quantitative estimate of drug-likeness (QED) is 0.821. The third-order valence-corrected chi connectivity index (χ3v) is 4.75. The van der Waals surface area contributed by atoms with Gasteiger partial charge in [-0.1, -0.05) is 25.5 Å². The third kappa shape index (κ3) is 4.00. The highest BCUT2D eigenvalue weighted by atomic mass is 32.2. The van der Waals surface area contributed by atoms with Gasteiger partial charge >= 0.3 is 5.97 Å². The Morgan fingerprint density at radius 2 is 2.19 bits per heavy atom. The van der Waals surface area contributed by atoms with Crippen molar-refractivity contribution in [2.24, 2.45) is 0 Å². The summed E-state index contributed by atoms with van der Waals surface area (Å²) < 4.78 is 0. The highest BCUT2D eigenvalue weighted by Crippen LogP contribution is 2.23. The summed E-state index contributed by atoms with van der Waals surface area (Å²) in [5.74, 6) is 0.813. The fourth-order valence-corrected chi connectivity index (χ4v) is 3.51. The molecular weight excluding hydrogens is 286 g/mol. The van der Waals surface area contributed by atoms with E-state index in [1.54, 1.807) is 23.9 Å². The van der Waals surface area contributed by atoms with E-state index in [0.717, 1.165) is 29.7 Å². The predicted molar refractivity (Wildman–Crippen MR) is 84.8 cm³/mol. The SMILES string of the molecule is CCCCSCC(=O)N1CCc2c(cccc2C(=O)O)C1. The first-order valence-corrected chi connectivity index (χ1v) is 8.48. The average Bonchev–Trinajstić information content (AvgIpc) is 2.50. The predicted octanol–water partition coefficient (Wildman–Crippen LogP) is 2.80. The molecule has 0 atom stereocenters. The number of carboxylic acid groups (broad SMARTS) is 1. The van der Waals surface area contributed by atoms with Gasteiger partial charge in [0, 0.05) is 13.1 Å². The first-order valence-electron chi connectivity index (χ1n) is 7.33. The molecule has 0 radical (unpaired) electrons. The number of hydrogen-bond donors (Lipinski definition) is 1. The molecule has 0 aromatic heterocycles. The summed E-state index contributed by atoms with van der Waals surface area (Å²) in [5, 5.41) is 9.20. The first kappa shape index (κ1) is 15.9. The Balaban J connectivity index is 1.98. The van der Waals surface area contributed by atoms with E-state index in [1.807, 2.05) is 11.0 Å². The lowest BCUT2D eigenvalue weighted by atomic mass is 9.94. The van der Waals surface area contributed by atoms with Gasteiger partial charge in [-0.05, 0) is 35.8 Å². The van der Waals surface area contributed by atoms with Crippen LogP contribution < -0.4 is 0 Å². The van der Waals surface area contributed by atoms with Gasteiger partial charge in [-0.3, -0.25) is 4.79 Å². The van der Waals surface area contributed by atoms with E-state index in [2.05, 4.69) is 6.92 Å². The van der Waals surface area contributed by atoms with Crippen molar-refractivity contribution in [3.63, 3.8) is 0 Å². The summed E-state index contributed by atoms with van der Waals surface area (Å²) in [6.07, 6.45) is 2.92. The number of amides is 1. The second-order valence-electron chi connectivity index (χ2n) is 5.22. The summed E-state index contributed by atoms with van der Waals surface area (Å²) in [4.78, 5) is 25.2. The summed E-state index contributed by atoms with van der Waals surface area (Å²) >= 11 is 1.68. The van der Waals surface area contributed by atoms with Crippen LogP contribution in [0.1, 0.15) is 41.3 Å². The molecule has 0 fully saturated rings. The van der Waals surface area contributed by atoms with Gasteiger partial charge in [-0.15, -0.1) is 0 Å². The molecule has 0 unspecified atom stereocenters. The number of carboxylic acids is 1. The zero-order chi connectivity index (χ0) is 15.2. The van der Waals surface area contributed by atoms with E-state index in [-0.39, 0.29) is 5.91 Å². The number of unbranched alkanes of at least 4 members (excludes halogenated alkanes) is 1. The molecule has 1 amide bonds. The van der Waals surface area contributed by atoms with Crippen LogP contribution in [0.3, 0.4) is 0 Å². The number of thioether (sulfide) groups is 1. The molecule has 1 aromatic rings. The smallest absolute Gasteiger partial charge is 0.335 e. The van der Waals surface area contributed by atoms with Crippen molar-refractivity contribution < 1.29 is 14.7 Å². The highest BCUT2D eigenvalue weighted by Gasteiger charge is 2.23. The molecule has 1 heterocycles. The Morgan fingerprint density at radius 1 is 1.38 bits per heavy atom. The minimum absolute atomic E-state index is 0.155. The van der Waals surface area contributed by atoms with Crippen molar-refractivity contribution in [3.8, 4) is 0 Å². The maximum Gasteiger partial charge on any atom is 0.335 e. The van der Waals surface area contributed by atoms with Crippen LogP contribution in [0, 0.1) is 0 Å². The monoisotopic (exact) mass is 307 g/mol. The third-order valence-electron chi connectivity index (χ3n) is 3.72. The van der Waals surface area contributed by atoms with Crippen LogP contribution in [-0.2, 0) is 17.8 Å². The number of benzene rings is 1. The molecule has 21 heavy (non-hydrogen) atoms. The number of carbonyl (C=O) groups excluding carboxylic acids is 1. The summed E-state index contributed by atoms with van der Waals surface area (Å²) in [6, 6.07) is 5.32. The van der Waals surface area contributed by atoms with Gasteiger partial charge in [0.2, 0.25) is 5.91 Å². The molecule has 1 N–H and O–H groups in total. The fraction of sp³-hybridized carbons (Fsp3) is 0.500. The van der Waals surface area contributed by atoms with Crippen molar-refractivity contribution >= 4 is 23.6 Å². The summed E-state index contributed by atoms with van der Waals surface area (Å²) in [5.41, 5.74) is 2.22. The van der Waals surface area contributed by atoms with Gasteiger partial charge in [0.1, 0.15) is 0 Å². The zero-order valence-electron chi connectivity index (χ0n) is 12.3. The second kappa shape index (κ2) is 7.50. The van der Waals surface area contributed by atoms with Crippen molar-refractivity contribution in [1.29, 1.82) is 0 Å². The largest absolute Gasteiger partial charge is 0.478 e. The standard InChI is InChI=1S/C16H21NO3S/c1-2-3-9-21-11-15(18)17-8-7-13-12(10-17)5-4-6-14(13)16(19)20/h4-6H,2-3,7-11H2,1H3,(H,19,20). The average molecular weight is 307 g/mol. The molecule has 114 valence electrons. The molecule has 0 spiro atoms. The highest BCUT2D eigenvalue weighted by molar-refractivity contribution is 7.99. The summed E-state index contributed by atoms with van der Waals surface area (Å²) in [6.45, 7) is 3.29. The fourth-order valence-electron chi connectivity index (χ4n) is 2.52. The number of fused-ring (bicyclic) bond motifs is 1. The molecular formula is C16H21NO3S. The minimum Gasteiger partial charge on any atom is -0.478 e. The van der Waals surface area contributed by atoms with Crippen LogP contribution in [0.5, 0.6) is 0 Å². The van der Waals surface area contributed by atoms with Crippen LogP contribution in [0.15, 0.2) is 18.2 Å². The molecule has 1 aliphatic rings. The molecule has 1 aliphatic heterocycles. The lowest BCUT2D eigenvalue weighted by Gasteiger charge is -2.29. The van der Waals surface area contributed by atoms with Gasteiger partial charge in [-0.2, -0.15) is 11.8 Å². The van der Waals surface area contributed by atoms with E-state index >= 15 is 0 Å². The van der Waals surface area contributed by atoms with Crippen molar-refractivity contribution in [1.82, 2.24) is 4.90 Å². The Bertz CT molecular complexity index is 530. The number of nitrogens with zero attached hydrogens (tertiary/aromatic N) is 1. The topological polar surface area (TPSA) is 57.6 Å². The van der Waals surface area contributed by atoms with Crippen LogP contribution in [0.4, 0.5) is 0 Å². The van der Waals surface area contributed by atoms with Gasteiger partial charge in [0.25, 0.3) is 0 Å². The Labute approximate surface area is 129 Å². The molecule has 1 aromatic carbocycles. The maximum atomic E-state index is 12.2. The van der Waals surface area contributed by atoms with Crippen LogP contribution in [0.2, 0.25) is 0 Å². The Morgan fingerprint density at radius 3 is 2.90 bits per heavy atom. The lowest BCUT2D eigenvalue weighted by molar-refractivity contribution is -0.129. The Hall–Kier alpha value is -1.49. The maximum absolute atomic E-state index is 12.2. The first-order chi connectivity index (χ1) is 10.1. The number of carbonyl (C=O) groups is 2. The number of aromatic carboxylic acids is 1. The Kier molecular flexibility index (Phi) is 5.67. The normalized spacial score (nSPS) is 13.9. The van der Waals surface area contributed by atoms with Gasteiger partial charge in [0.15, 0.2) is 0 Å². The molecule has 0 saturated heterocycles.